The number of carbonyl (C=O) groups excluding carboxylic acids is 1. The Morgan fingerprint density at radius 1 is 0.805 bits per heavy atom. The predicted molar refractivity (Wildman–Crippen MR) is 164 cm³/mol. The number of nitrogens with one attached hydrogen (secondary N) is 2. The zero-order valence-electron chi connectivity index (χ0n) is 22.5. The first-order valence-electron chi connectivity index (χ1n) is 13.3. The van der Waals surface area contributed by atoms with Gasteiger partial charge in [0.25, 0.3) is 5.91 Å². The van der Waals surface area contributed by atoms with Crippen LogP contribution < -0.4 is 5.43 Å². The van der Waals surface area contributed by atoms with Gasteiger partial charge >= 0.3 is 0 Å². The maximum absolute atomic E-state index is 14.0. The number of hydrazine groups is 1. The van der Waals surface area contributed by atoms with Crippen molar-refractivity contribution in [2.45, 2.75) is 20.0 Å². The van der Waals surface area contributed by atoms with E-state index < -0.39 is 0 Å². The van der Waals surface area contributed by atoms with Crippen molar-refractivity contribution in [1.82, 2.24) is 30.0 Å². The number of hydrogen-bond acceptors (Lipinski definition) is 5. The summed E-state index contributed by atoms with van der Waals surface area (Å²) in [6, 6.07) is 37.8. The van der Waals surface area contributed by atoms with Crippen molar-refractivity contribution in [3.8, 4) is 17.1 Å². The second-order valence-electron chi connectivity index (χ2n) is 9.83. The van der Waals surface area contributed by atoms with Gasteiger partial charge in [0.2, 0.25) is 0 Å². The molecular weight excluding hydrogens is 528 g/mol. The van der Waals surface area contributed by atoms with Crippen LogP contribution in [0.15, 0.2) is 115 Å². The Hall–Kier alpha value is -4.92. The van der Waals surface area contributed by atoms with E-state index in [1.54, 1.807) is 0 Å². The topological polar surface area (TPSA) is 78.8 Å². The van der Waals surface area contributed by atoms with Crippen molar-refractivity contribution in [2.24, 2.45) is 0 Å². The molecule has 202 valence electrons. The Morgan fingerprint density at radius 3 is 1.95 bits per heavy atom. The maximum atomic E-state index is 14.0. The number of fused-ring (bicyclic) bond motifs is 1. The van der Waals surface area contributed by atoms with E-state index in [0.717, 1.165) is 27.9 Å². The third-order valence-corrected chi connectivity index (χ3v) is 7.05. The van der Waals surface area contributed by atoms with Crippen LogP contribution in [0.1, 0.15) is 27.2 Å². The summed E-state index contributed by atoms with van der Waals surface area (Å²) in [6.45, 7) is 3.06. The van der Waals surface area contributed by atoms with Gasteiger partial charge in [-0.25, -0.2) is 15.0 Å². The molecule has 0 fully saturated rings. The first-order valence-corrected chi connectivity index (χ1v) is 13.7. The molecule has 2 aromatic heterocycles. The van der Waals surface area contributed by atoms with Crippen molar-refractivity contribution >= 4 is 29.3 Å². The third kappa shape index (κ3) is 5.84. The molecule has 0 aliphatic heterocycles. The first kappa shape index (κ1) is 26.3. The van der Waals surface area contributed by atoms with Crippen molar-refractivity contribution in [2.75, 3.05) is 0 Å². The normalized spacial score (nSPS) is 11.2. The molecule has 1 amide bonds. The van der Waals surface area contributed by atoms with E-state index in [2.05, 4.69) is 10.4 Å². The summed E-state index contributed by atoms with van der Waals surface area (Å²) >= 11 is 5.72. The second-order valence-corrected chi connectivity index (χ2v) is 10.2. The molecule has 0 radical (unpaired) electrons. The number of nitrogens with zero attached hydrogens (tertiary/aromatic N) is 4. The van der Waals surface area contributed by atoms with E-state index in [-0.39, 0.29) is 11.6 Å². The number of para-hydroxylation sites is 1. The molecule has 8 heteroatoms. The molecule has 0 saturated carbocycles. The molecular formula is C33H28N6OS. The van der Waals surface area contributed by atoms with E-state index in [0.29, 0.717) is 34.8 Å². The number of aromatic amines is 1. The fraction of sp³-hybridized carbons (Fsp3) is 0.0909. The number of hydrogen-bond donors (Lipinski definition) is 2. The van der Waals surface area contributed by atoms with Gasteiger partial charge in [-0.3, -0.25) is 14.8 Å². The Balaban J connectivity index is 1.44. The highest BCUT2D eigenvalue weighted by atomic mass is 32.1. The Morgan fingerprint density at radius 2 is 1.37 bits per heavy atom. The van der Waals surface area contributed by atoms with Crippen LogP contribution in [-0.4, -0.2) is 30.4 Å². The summed E-state index contributed by atoms with van der Waals surface area (Å²) < 4.78 is 2.27. The number of benzene rings is 4. The lowest BCUT2D eigenvalue weighted by atomic mass is 10.1. The number of imidazole rings is 1. The lowest BCUT2D eigenvalue weighted by Gasteiger charge is -2.23. The van der Waals surface area contributed by atoms with Crippen LogP contribution in [0.5, 0.6) is 0 Å². The molecule has 0 unspecified atom stereocenters. The highest BCUT2D eigenvalue weighted by molar-refractivity contribution is 7.71. The fourth-order valence-corrected chi connectivity index (χ4v) is 5.03. The van der Waals surface area contributed by atoms with Crippen LogP contribution >= 0.6 is 12.2 Å². The van der Waals surface area contributed by atoms with Gasteiger partial charge in [-0.05, 0) is 42.4 Å². The molecule has 0 atom stereocenters. The summed E-state index contributed by atoms with van der Waals surface area (Å²) in [5, 5.41) is 1.90. The molecule has 7 nitrogen and oxygen atoms in total. The molecule has 0 saturated heterocycles. The van der Waals surface area contributed by atoms with Gasteiger partial charge in [0.15, 0.2) is 21.9 Å². The average Bonchev–Trinajstić information content (AvgIpc) is 3.34. The number of H-pyrrole nitrogens is 1. The lowest BCUT2D eigenvalue weighted by molar-refractivity contribution is 0.0755. The van der Waals surface area contributed by atoms with Gasteiger partial charge in [0.1, 0.15) is 5.52 Å². The fourth-order valence-electron chi connectivity index (χ4n) is 4.74. The molecule has 0 bridgehead atoms. The highest BCUT2D eigenvalue weighted by Gasteiger charge is 2.22. The second kappa shape index (κ2) is 11.7. The molecule has 0 spiro atoms. The van der Waals surface area contributed by atoms with E-state index in [1.165, 1.54) is 0 Å². The number of carbonyl (C=O) groups is 1. The van der Waals surface area contributed by atoms with Crippen LogP contribution in [0.25, 0.3) is 28.2 Å². The van der Waals surface area contributed by atoms with Crippen molar-refractivity contribution < 1.29 is 4.79 Å². The predicted octanol–water partition coefficient (Wildman–Crippen LogP) is 6.80. The molecule has 2 N–H and O–H groups in total. The number of amides is 1. The standard InChI is InChI=1S/C33H28N6OS/c1-23-17-19-26(20-18-23)30-34-29(28-31(36-30)39(33(41)35-28)27-15-9-4-10-16-27)32(40)37-38(21-24-11-5-2-6-12-24)22-25-13-7-3-8-14-25/h2-20H,21-22H2,1H3,(H,35,41)(H,37,40). The largest absolute Gasteiger partial charge is 0.327 e. The molecule has 0 aliphatic rings. The molecule has 0 aliphatic carbocycles. The van der Waals surface area contributed by atoms with Crippen molar-refractivity contribution in [1.29, 1.82) is 0 Å². The number of rotatable bonds is 8. The summed E-state index contributed by atoms with van der Waals surface area (Å²) in [5.74, 6) is 0.0908. The zero-order chi connectivity index (χ0) is 28.2. The first-order chi connectivity index (χ1) is 20.0. The minimum absolute atomic E-state index is 0.220. The van der Waals surface area contributed by atoms with E-state index >= 15 is 0 Å². The summed E-state index contributed by atoms with van der Waals surface area (Å²) in [4.78, 5) is 26.9. The molecule has 41 heavy (non-hydrogen) atoms. The molecule has 6 rings (SSSR count). The Kier molecular flexibility index (Phi) is 7.49. The monoisotopic (exact) mass is 556 g/mol. The summed E-state index contributed by atoms with van der Waals surface area (Å²) in [6.07, 6.45) is 0. The summed E-state index contributed by atoms with van der Waals surface area (Å²) in [5.41, 5.74) is 9.28. The number of aromatic nitrogens is 4. The van der Waals surface area contributed by atoms with Crippen molar-refractivity contribution in [3.05, 3.63) is 142 Å². The van der Waals surface area contributed by atoms with Gasteiger partial charge < -0.3 is 4.98 Å². The van der Waals surface area contributed by atoms with Crippen LogP contribution in [0.3, 0.4) is 0 Å². The van der Waals surface area contributed by atoms with Gasteiger partial charge in [-0.15, -0.1) is 0 Å². The van der Waals surface area contributed by atoms with Gasteiger partial charge in [0, 0.05) is 24.3 Å². The Labute approximate surface area is 243 Å². The van der Waals surface area contributed by atoms with Crippen LogP contribution in [0.4, 0.5) is 0 Å². The van der Waals surface area contributed by atoms with Gasteiger partial charge in [-0.2, -0.15) is 0 Å². The van der Waals surface area contributed by atoms with Crippen molar-refractivity contribution in [3.63, 3.8) is 0 Å². The highest BCUT2D eigenvalue weighted by Crippen LogP contribution is 2.25. The van der Waals surface area contributed by atoms with E-state index in [4.69, 9.17) is 22.2 Å². The molecule has 6 aromatic rings. The smallest absolute Gasteiger partial charge is 0.286 e. The average molecular weight is 557 g/mol. The van der Waals surface area contributed by atoms with Crippen LogP contribution in [0.2, 0.25) is 0 Å². The summed E-state index contributed by atoms with van der Waals surface area (Å²) in [7, 11) is 0. The van der Waals surface area contributed by atoms with Gasteiger partial charge in [-0.1, -0.05) is 109 Å². The minimum atomic E-state index is -0.353. The van der Waals surface area contributed by atoms with E-state index in [9.17, 15) is 4.79 Å². The molecule has 2 heterocycles. The molecule has 4 aromatic carbocycles. The number of aryl methyl sites for hydroxylation is 1. The van der Waals surface area contributed by atoms with Crippen LogP contribution in [0, 0.1) is 11.7 Å². The third-order valence-electron chi connectivity index (χ3n) is 6.77. The SMILES string of the molecule is Cc1ccc(-c2nc(C(=O)NN(Cc3ccccc3)Cc3ccccc3)c3[nH]c(=S)n(-c4ccccc4)c3n2)cc1. The zero-order valence-corrected chi connectivity index (χ0v) is 23.3. The Bertz CT molecular complexity index is 1810. The lowest BCUT2D eigenvalue weighted by Crippen LogP contribution is -2.41. The van der Waals surface area contributed by atoms with Gasteiger partial charge in [0.05, 0.1) is 0 Å². The maximum Gasteiger partial charge on any atom is 0.286 e. The minimum Gasteiger partial charge on any atom is -0.327 e. The van der Waals surface area contributed by atoms with Crippen LogP contribution in [-0.2, 0) is 13.1 Å². The quantitative estimate of drug-likeness (QED) is 0.159. The van der Waals surface area contributed by atoms with E-state index in [1.807, 2.05) is 132 Å².